The van der Waals surface area contributed by atoms with Crippen LogP contribution in [0.25, 0.3) is 0 Å². The van der Waals surface area contributed by atoms with E-state index in [2.05, 4.69) is 29.0 Å². The molecule has 1 saturated carbocycles. The molecule has 1 aliphatic carbocycles. The number of sulfonamides is 1. The number of halogens is 2. The normalized spacial score (nSPS) is 28.1. The number of nitrogens with zero attached hydrogens (tertiary/aromatic N) is 1. The Morgan fingerprint density at radius 1 is 1.29 bits per heavy atom. The molecule has 0 amide bonds. The Bertz CT molecular complexity index is 687. The third-order valence-corrected chi connectivity index (χ3v) is 6.71. The third kappa shape index (κ3) is 4.17. The van der Waals surface area contributed by atoms with Crippen molar-refractivity contribution < 1.29 is 8.42 Å². The molecule has 3 rings (SSSR count). The maximum Gasteiger partial charge on any atom is 0.244 e. The predicted molar refractivity (Wildman–Crippen MR) is 101 cm³/mol. The summed E-state index contributed by atoms with van der Waals surface area (Å²) in [5, 5.41) is 3.95. The van der Waals surface area contributed by atoms with Gasteiger partial charge in [0.15, 0.2) is 0 Å². The maximum absolute atomic E-state index is 12.6. The van der Waals surface area contributed by atoms with Crippen LogP contribution in [0.1, 0.15) is 32.1 Å². The molecule has 8 heteroatoms. The van der Waals surface area contributed by atoms with Gasteiger partial charge in [0.1, 0.15) is 10.6 Å². The quantitative estimate of drug-likeness (QED) is 0.826. The summed E-state index contributed by atoms with van der Waals surface area (Å²) in [5.41, 5.74) is 0.0495. The second-order valence-corrected chi connectivity index (χ2v) is 9.08. The zero-order chi connectivity index (χ0) is 16.7. The van der Waals surface area contributed by atoms with E-state index in [0.717, 1.165) is 38.6 Å². The number of hydrogen-bond donors (Lipinski definition) is 2. The summed E-state index contributed by atoms with van der Waals surface area (Å²) in [6, 6.07) is 4.87. The van der Waals surface area contributed by atoms with E-state index < -0.39 is 15.7 Å². The van der Waals surface area contributed by atoms with Crippen LogP contribution >= 0.6 is 24.0 Å². The Labute approximate surface area is 155 Å². The lowest BCUT2D eigenvalue weighted by Crippen LogP contribution is -2.58. The summed E-state index contributed by atoms with van der Waals surface area (Å²) >= 11 is 6.03. The van der Waals surface area contributed by atoms with Crippen molar-refractivity contribution in [1.29, 1.82) is 0 Å². The second-order valence-electron chi connectivity index (χ2n) is 6.99. The van der Waals surface area contributed by atoms with E-state index in [4.69, 9.17) is 11.6 Å². The molecule has 1 heterocycles. The number of benzene rings is 1. The molecule has 0 unspecified atom stereocenters. The molecular formula is C16H25Cl2N3O2S. The van der Waals surface area contributed by atoms with Gasteiger partial charge in [-0.15, -0.1) is 12.4 Å². The molecule has 1 aromatic carbocycles. The first kappa shape index (κ1) is 19.8. The summed E-state index contributed by atoms with van der Waals surface area (Å²) in [6.45, 7) is 1.08. The number of hydrogen-bond acceptors (Lipinski definition) is 4. The molecule has 2 aliphatic rings. The Hall–Kier alpha value is -0.530. The summed E-state index contributed by atoms with van der Waals surface area (Å²) in [4.78, 5) is 2.48. The fourth-order valence-corrected chi connectivity index (χ4v) is 5.25. The molecule has 24 heavy (non-hydrogen) atoms. The molecule has 2 N–H and O–H groups in total. The Morgan fingerprint density at radius 2 is 1.96 bits per heavy atom. The molecular weight excluding hydrogens is 369 g/mol. The first-order chi connectivity index (χ1) is 10.8. The lowest BCUT2D eigenvalue weighted by molar-refractivity contribution is 0.216. The molecule has 0 atom stereocenters. The standard InChI is InChI=1S/C16H24ClN3O2S.ClH/c1-20(2)10-7-12-5-8-16(9-6-12)18-14-11-13(17)3-4-15(14)23(21,22)19-16;/h3-4,11-12,18-19H,5-10H2,1-2H3;1H. The van der Waals surface area contributed by atoms with Crippen molar-refractivity contribution in [2.75, 3.05) is 26.0 Å². The van der Waals surface area contributed by atoms with Gasteiger partial charge in [-0.3, -0.25) is 0 Å². The smallest absolute Gasteiger partial charge is 0.244 e. The Balaban J connectivity index is 0.00000208. The molecule has 0 radical (unpaired) electrons. The van der Waals surface area contributed by atoms with Gasteiger partial charge in [-0.25, -0.2) is 8.42 Å². The molecule has 136 valence electrons. The topological polar surface area (TPSA) is 61.4 Å². The van der Waals surface area contributed by atoms with Crippen molar-refractivity contribution in [3.8, 4) is 0 Å². The highest BCUT2D eigenvalue weighted by Crippen LogP contribution is 2.40. The van der Waals surface area contributed by atoms with Crippen LogP contribution in [0.15, 0.2) is 23.1 Å². The second kappa shape index (κ2) is 7.38. The largest absolute Gasteiger partial charge is 0.365 e. The minimum absolute atomic E-state index is 0. The highest BCUT2D eigenvalue weighted by atomic mass is 35.5. The van der Waals surface area contributed by atoms with E-state index in [1.807, 2.05) is 0 Å². The van der Waals surface area contributed by atoms with Crippen molar-refractivity contribution in [3.63, 3.8) is 0 Å². The molecule has 5 nitrogen and oxygen atoms in total. The van der Waals surface area contributed by atoms with E-state index in [9.17, 15) is 8.42 Å². The zero-order valence-corrected chi connectivity index (χ0v) is 16.4. The number of rotatable bonds is 3. The fourth-order valence-electron chi connectivity index (χ4n) is 3.56. The average molecular weight is 394 g/mol. The summed E-state index contributed by atoms with van der Waals surface area (Å²) < 4.78 is 28.0. The van der Waals surface area contributed by atoms with Crippen molar-refractivity contribution in [2.24, 2.45) is 5.92 Å². The molecule has 1 aromatic rings. The van der Waals surface area contributed by atoms with E-state index in [1.54, 1.807) is 18.2 Å². The summed E-state index contributed by atoms with van der Waals surface area (Å²) in [6.07, 6.45) is 4.82. The van der Waals surface area contributed by atoms with Crippen molar-refractivity contribution in [1.82, 2.24) is 9.62 Å². The van der Waals surface area contributed by atoms with Crippen LogP contribution in [-0.2, 0) is 10.0 Å². The van der Waals surface area contributed by atoms with Crippen LogP contribution in [0.3, 0.4) is 0 Å². The molecule has 0 bridgehead atoms. The van der Waals surface area contributed by atoms with Crippen molar-refractivity contribution >= 4 is 39.7 Å². The van der Waals surface area contributed by atoms with Crippen LogP contribution in [0.4, 0.5) is 5.69 Å². The van der Waals surface area contributed by atoms with E-state index in [1.165, 1.54) is 0 Å². The van der Waals surface area contributed by atoms with Crippen LogP contribution in [0, 0.1) is 5.92 Å². The van der Waals surface area contributed by atoms with Gasteiger partial charge in [0.25, 0.3) is 0 Å². The van der Waals surface area contributed by atoms with Gasteiger partial charge in [0.05, 0.1) is 5.69 Å². The van der Waals surface area contributed by atoms with Crippen LogP contribution in [0.5, 0.6) is 0 Å². The first-order valence-electron chi connectivity index (χ1n) is 8.06. The maximum atomic E-state index is 12.6. The predicted octanol–water partition coefficient (Wildman–Crippen LogP) is 3.30. The van der Waals surface area contributed by atoms with Gasteiger partial charge in [0, 0.05) is 5.02 Å². The highest BCUT2D eigenvalue weighted by molar-refractivity contribution is 7.89. The zero-order valence-electron chi connectivity index (χ0n) is 14.0. The molecule has 1 spiro atoms. The van der Waals surface area contributed by atoms with Gasteiger partial charge in [-0.2, -0.15) is 4.72 Å². The van der Waals surface area contributed by atoms with Gasteiger partial charge < -0.3 is 10.2 Å². The van der Waals surface area contributed by atoms with Crippen LogP contribution in [0.2, 0.25) is 5.02 Å². The first-order valence-corrected chi connectivity index (χ1v) is 9.92. The monoisotopic (exact) mass is 393 g/mol. The molecule has 0 aromatic heterocycles. The third-order valence-electron chi connectivity index (χ3n) is 4.88. The van der Waals surface area contributed by atoms with Crippen molar-refractivity contribution in [2.45, 2.75) is 42.7 Å². The Morgan fingerprint density at radius 3 is 2.58 bits per heavy atom. The van der Waals surface area contributed by atoms with E-state index in [-0.39, 0.29) is 17.3 Å². The highest BCUT2D eigenvalue weighted by Gasteiger charge is 2.43. The van der Waals surface area contributed by atoms with Crippen LogP contribution < -0.4 is 10.0 Å². The number of anilines is 1. The minimum Gasteiger partial charge on any atom is -0.365 e. The Kier molecular flexibility index (Phi) is 6.08. The van der Waals surface area contributed by atoms with Gasteiger partial charge in [-0.05, 0) is 76.9 Å². The van der Waals surface area contributed by atoms with Gasteiger partial charge >= 0.3 is 0 Å². The number of nitrogens with one attached hydrogen (secondary N) is 2. The molecule has 1 fully saturated rings. The SMILES string of the molecule is CN(C)CCC1CCC2(CC1)Nc1cc(Cl)ccc1S(=O)(=O)N2.Cl. The van der Waals surface area contributed by atoms with Crippen LogP contribution in [-0.4, -0.2) is 39.6 Å². The van der Waals surface area contributed by atoms with Gasteiger partial charge in [0.2, 0.25) is 10.0 Å². The van der Waals surface area contributed by atoms with Crippen molar-refractivity contribution in [3.05, 3.63) is 23.2 Å². The minimum atomic E-state index is -3.49. The van der Waals surface area contributed by atoms with Gasteiger partial charge in [-0.1, -0.05) is 11.6 Å². The van der Waals surface area contributed by atoms with E-state index in [0.29, 0.717) is 16.6 Å². The molecule has 0 saturated heterocycles. The molecule has 1 aliphatic heterocycles. The van der Waals surface area contributed by atoms with E-state index >= 15 is 0 Å². The fraction of sp³-hybridized carbons (Fsp3) is 0.625. The number of fused-ring (bicyclic) bond motifs is 1. The lowest BCUT2D eigenvalue weighted by Gasteiger charge is -2.44. The summed E-state index contributed by atoms with van der Waals surface area (Å²) in [7, 11) is 0.681. The average Bonchev–Trinajstić information content (AvgIpc) is 2.45. The summed E-state index contributed by atoms with van der Waals surface area (Å²) in [5.74, 6) is 0.662. The lowest BCUT2D eigenvalue weighted by atomic mass is 9.80.